The van der Waals surface area contributed by atoms with Crippen LogP contribution in [0.3, 0.4) is 0 Å². The summed E-state index contributed by atoms with van der Waals surface area (Å²) in [5, 5.41) is 3.99. The highest BCUT2D eigenvalue weighted by atomic mass is 35.5. The molecule has 0 radical (unpaired) electrons. The first-order valence-corrected chi connectivity index (χ1v) is 6.42. The van der Waals surface area contributed by atoms with Gasteiger partial charge in [-0.15, -0.1) is 0 Å². The zero-order valence-corrected chi connectivity index (χ0v) is 9.95. The van der Waals surface area contributed by atoms with Crippen molar-refractivity contribution >= 4 is 17.4 Å². The summed E-state index contributed by atoms with van der Waals surface area (Å²) in [6.45, 7) is 1.02. The van der Waals surface area contributed by atoms with Crippen LogP contribution in [0.15, 0.2) is 12.5 Å². The van der Waals surface area contributed by atoms with E-state index in [1.807, 2.05) is 0 Å². The van der Waals surface area contributed by atoms with Crippen molar-refractivity contribution in [2.24, 2.45) is 17.8 Å². The summed E-state index contributed by atoms with van der Waals surface area (Å²) in [5.74, 6) is 3.54. The standard InChI is InChI=1S/C12H16ClN3/c13-11-6-14-7-16-12(11)15-5-10(8-1-2-8)9-3-4-9/h6-10H,1-5H2,(H,14,15,16). The molecule has 2 aliphatic carbocycles. The summed E-state index contributed by atoms with van der Waals surface area (Å²) in [4.78, 5) is 8.04. The number of aromatic nitrogens is 2. The maximum Gasteiger partial charge on any atom is 0.148 e. The van der Waals surface area contributed by atoms with Crippen molar-refractivity contribution in [3.05, 3.63) is 17.5 Å². The van der Waals surface area contributed by atoms with Gasteiger partial charge in [0.25, 0.3) is 0 Å². The van der Waals surface area contributed by atoms with Gasteiger partial charge in [-0.1, -0.05) is 11.6 Å². The summed E-state index contributed by atoms with van der Waals surface area (Å²) in [6, 6.07) is 0. The van der Waals surface area contributed by atoms with Gasteiger partial charge in [0.05, 0.1) is 6.20 Å². The molecule has 1 N–H and O–H groups in total. The van der Waals surface area contributed by atoms with Crippen molar-refractivity contribution in [1.29, 1.82) is 0 Å². The molecule has 3 rings (SSSR count). The SMILES string of the molecule is Clc1cncnc1NCC(C1CC1)C1CC1. The van der Waals surface area contributed by atoms with Gasteiger partial charge >= 0.3 is 0 Å². The Balaban J connectivity index is 1.60. The monoisotopic (exact) mass is 237 g/mol. The van der Waals surface area contributed by atoms with Crippen LogP contribution in [-0.2, 0) is 0 Å². The lowest BCUT2D eigenvalue weighted by Crippen LogP contribution is -2.19. The minimum atomic E-state index is 0.618. The van der Waals surface area contributed by atoms with Crippen LogP contribution < -0.4 is 5.32 Å². The van der Waals surface area contributed by atoms with E-state index < -0.39 is 0 Å². The molecule has 0 aliphatic heterocycles. The van der Waals surface area contributed by atoms with Gasteiger partial charge in [0.15, 0.2) is 0 Å². The van der Waals surface area contributed by atoms with Crippen molar-refractivity contribution in [2.45, 2.75) is 25.7 Å². The smallest absolute Gasteiger partial charge is 0.148 e. The van der Waals surface area contributed by atoms with E-state index in [9.17, 15) is 0 Å². The first-order chi connectivity index (χ1) is 7.84. The highest BCUT2D eigenvalue weighted by molar-refractivity contribution is 6.32. The molecule has 0 spiro atoms. The van der Waals surface area contributed by atoms with Crippen LogP contribution in [0, 0.1) is 17.8 Å². The molecule has 0 atom stereocenters. The van der Waals surface area contributed by atoms with Gasteiger partial charge in [0.2, 0.25) is 0 Å². The second-order valence-electron chi connectivity index (χ2n) is 4.94. The van der Waals surface area contributed by atoms with Crippen LogP contribution in [0.5, 0.6) is 0 Å². The Morgan fingerprint density at radius 3 is 2.56 bits per heavy atom. The fourth-order valence-corrected chi connectivity index (χ4v) is 2.60. The minimum Gasteiger partial charge on any atom is -0.368 e. The molecule has 4 heteroatoms. The molecule has 0 bridgehead atoms. The second-order valence-corrected chi connectivity index (χ2v) is 5.35. The number of halogens is 1. The summed E-state index contributed by atoms with van der Waals surface area (Å²) in [5.41, 5.74) is 0. The lowest BCUT2D eigenvalue weighted by atomic mass is 9.98. The molecule has 2 aliphatic rings. The van der Waals surface area contributed by atoms with Gasteiger partial charge in [-0.2, -0.15) is 0 Å². The third-order valence-electron chi connectivity index (χ3n) is 3.63. The van der Waals surface area contributed by atoms with Crippen LogP contribution in [0.2, 0.25) is 5.02 Å². The molecule has 1 aromatic rings. The molecule has 16 heavy (non-hydrogen) atoms. The van der Waals surface area contributed by atoms with Crippen LogP contribution >= 0.6 is 11.6 Å². The van der Waals surface area contributed by atoms with Crippen molar-refractivity contribution in [3.8, 4) is 0 Å². The van der Waals surface area contributed by atoms with Gasteiger partial charge in [-0.3, -0.25) is 0 Å². The second kappa shape index (κ2) is 4.21. The van der Waals surface area contributed by atoms with E-state index in [1.165, 1.54) is 32.0 Å². The Hall–Kier alpha value is -0.830. The van der Waals surface area contributed by atoms with Gasteiger partial charge in [-0.25, -0.2) is 9.97 Å². The number of anilines is 1. The van der Waals surface area contributed by atoms with Crippen molar-refractivity contribution in [1.82, 2.24) is 9.97 Å². The molecule has 3 nitrogen and oxygen atoms in total. The number of hydrogen-bond acceptors (Lipinski definition) is 3. The van der Waals surface area contributed by atoms with E-state index >= 15 is 0 Å². The molecule has 0 aromatic carbocycles. The summed E-state index contributed by atoms with van der Waals surface area (Å²) in [6.07, 6.45) is 8.85. The number of hydrogen-bond donors (Lipinski definition) is 1. The molecule has 0 saturated heterocycles. The zero-order chi connectivity index (χ0) is 11.0. The average Bonchev–Trinajstić information content (AvgIpc) is 3.15. The fourth-order valence-electron chi connectivity index (χ4n) is 2.42. The van der Waals surface area contributed by atoms with Crippen LogP contribution in [-0.4, -0.2) is 16.5 Å². The van der Waals surface area contributed by atoms with Crippen LogP contribution in [0.25, 0.3) is 0 Å². The topological polar surface area (TPSA) is 37.8 Å². The Morgan fingerprint density at radius 1 is 1.31 bits per heavy atom. The normalized spacial score (nSPS) is 20.1. The fraction of sp³-hybridized carbons (Fsp3) is 0.667. The lowest BCUT2D eigenvalue weighted by molar-refractivity contribution is 0.427. The number of rotatable bonds is 5. The lowest BCUT2D eigenvalue weighted by Gasteiger charge is -2.16. The van der Waals surface area contributed by atoms with Gasteiger partial charge in [-0.05, 0) is 43.4 Å². The van der Waals surface area contributed by atoms with E-state index in [4.69, 9.17) is 11.6 Å². The van der Waals surface area contributed by atoms with Gasteiger partial charge < -0.3 is 5.32 Å². The van der Waals surface area contributed by atoms with E-state index in [-0.39, 0.29) is 0 Å². The molecular weight excluding hydrogens is 222 g/mol. The summed E-state index contributed by atoms with van der Waals surface area (Å²) >= 11 is 6.01. The zero-order valence-electron chi connectivity index (χ0n) is 9.19. The molecule has 0 unspecified atom stereocenters. The maximum absolute atomic E-state index is 6.01. The summed E-state index contributed by atoms with van der Waals surface area (Å²) in [7, 11) is 0. The van der Waals surface area contributed by atoms with Gasteiger partial charge in [0, 0.05) is 6.54 Å². The first-order valence-electron chi connectivity index (χ1n) is 6.04. The minimum absolute atomic E-state index is 0.618. The van der Waals surface area contributed by atoms with E-state index in [0.717, 1.165) is 30.1 Å². The quantitative estimate of drug-likeness (QED) is 0.856. The van der Waals surface area contributed by atoms with E-state index in [0.29, 0.717) is 5.02 Å². The summed E-state index contributed by atoms with van der Waals surface area (Å²) < 4.78 is 0. The first kappa shape index (κ1) is 10.3. The Morgan fingerprint density at radius 2 is 2.00 bits per heavy atom. The molecule has 2 saturated carbocycles. The van der Waals surface area contributed by atoms with Crippen molar-refractivity contribution in [2.75, 3.05) is 11.9 Å². The molecule has 1 heterocycles. The van der Waals surface area contributed by atoms with Gasteiger partial charge in [0.1, 0.15) is 17.2 Å². The Bertz CT molecular complexity index is 362. The van der Waals surface area contributed by atoms with Crippen molar-refractivity contribution in [3.63, 3.8) is 0 Å². The molecular formula is C12H16ClN3. The average molecular weight is 238 g/mol. The number of nitrogens with zero attached hydrogens (tertiary/aromatic N) is 2. The number of nitrogens with one attached hydrogen (secondary N) is 1. The van der Waals surface area contributed by atoms with E-state index in [2.05, 4.69) is 15.3 Å². The Kier molecular flexibility index (Phi) is 2.72. The molecule has 2 fully saturated rings. The highest BCUT2D eigenvalue weighted by Crippen LogP contribution is 2.49. The predicted molar refractivity (Wildman–Crippen MR) is 64.5 cm³/mol. The van der Waals surface area contributed by atoms with Crippen molar-refractivity contribution < 1.29 is 0 Å². The van der Waals surface area contributed by atoms with Crippen LogP contribution in [0.4, 0.5) is 5.82 Å². The maximum atomic E-state index is 6.01. The largest absolute Gasteiger partial charge is 0.368 e. The molecule has 86 valence electrons. The Labute approximate surface area is 101 Å². The predicted octanol–water partition coefficient (Wildman–Crippen LogP) is 2.98. The van der Waals surface area contributed by atoms with E-state index in [1.54, 1.807) is 6.20 Å². The third-order valence-corrected chi connectivity index (χ3v) is 3.90. The molecule has 0 amide bonds. The third kappa shape index (κ3) is 2.29. The highest BCUT2D eigenvalue weighted by Gasteiger charge is 2.41. The van der Waals surface area contributed by atoms with Crippen LogP contribution in [0.1, 0.15) is 25.7 Å². The molecule has 1 aromatic heterocycles.